The number of nitrogens with zero attached hydrogens (tertiary/aromatic N) is 3. The van der Waals surface area contributed by atoms with Crippen LogP contribution < -0.4 is 10.2 Å². The van der Waals surface area contributed by atoms with E-state index in [1.807, 2.05) is 48.7 Å². The van der Waals surface area contributed by atoms with Crippen LogP contribution in [0.25, 0.3) is 5.69 Å². The Labute approximate surface area is 208 Å². The lowest BCUT2D eigenvalue weighted by Gasteiger charge is -2.28. The number of pyridine rings is 1. The Morgan fingerprint density at radius 3 is 2.47 bits per heavy atom. The lowest BCUT2D eigenvalue weighted by molar-refractivity contribution is 0.471. The molecule has 2 aromatic carbocycles. The van der Waals surface area contributed by atoms with E-state index in [1.54, 1.807) is 36.5 Å². The van der Waals surface area contributed by atoms with Crippen molar-refractivity contribution in [3.8, 4) is 17.2 Å². The van der Waals surface area contributed by atoms with Crippen LogP contribution in [-0.4, -0.2) is 24.9 Å². The van der Waals surface area contributed by atoms with Gasteiger partial charge in [0.05, 0.1) is 23.5 Å². The van der Waals surface area contributed by atoms with Gasteiger partial charge in [0.2, 0.25) is 0 Å². The van der Waals surface area contributed by atoms with E-state index in [0.717, 1.165) is 28.3 Å². The normalized spacial score (nSPS) is 17.7. The SMILES string of the molecule is Cc1cc([C@H]2[C@@H](c3ccccn3)NC(=S)N2c2ccc(O)cc2)c(C)n1-c1cc(Cl)ccc1O. The molecule has 1 aliphatic heterocycles. The Morgan fingerprint density at radius 2 is 1.76 bits per heavy atom. The molecule has 8 heteroatoms. The topological polar surface area (TPSA) is 73.5 Å². The number of aromatic nitrogens is 2. The summed E-state index contributed by atoms with van der Waals surface area (Å²) in [6, 6.07) is 19.5. The van der Waals surface area contributed by atoms with Crippen LogP contribution in [-0.2, 0) is 0 Å². The van der Waals surface area contributed by atoms with Crippen LogP contribution in [0.5, 0.6) is 11.5 Å². The molecule has 0 amide bonds. The zero-order valence-electron chi connectivity index (χ0n) is 18.6. The third kappa shape index (κ3) is 3.77. The van der Waals surface area contributed by atoms with Gasteiger partial charge in [-0.15, -0.1) is 0 Å². The quantitative estimate of drug-likeness (QED) is 0.317. The third-order valence-electron chi connectivity index (χ3n) is 6.19. The Kier molecular flexibility index (Phi) is 5.67. The molecular weight excluding hydrogens is 468 g/mol. The van der Waals surface area contributed by atoms with Gasteiger partial charge in [0, 0.05) is 28.3 Å². The fourth-order valence-electron chi connectivity index (χ4n) is 4.70. The Hall–Kier alpha value is -3.55. The van der Waals surface area contributed by atoms with Crippen molar-refractivity contribution in [3.63, 3.8) is 0 Å². The number of benzene rings is 2. The third-order valence-corrected chi connectivity index (χ3v) is 6.74. The lowest BCUT2D eigenvalue weighted by atomic mass is 9.96. The Bertz CT molecular complexity index is 1370. The molecule has 1 aliphatic rings. The van der Waals surface area contributed by atoms with Crippen molar-refractivity contribution in [2.45, 2.75) is 25.9 Å². The summed E-state index contributed by atoms with van der Waals surface area (Å²) in [6.45, 7) is 4.02. The summed E-state index contributed by atoms with van der Waals surface area (Å²) < 4.78 is 2.00. The standard InChI is InChI=1S/C26H23ClN4O2S/c1-15-13-20(16(2)30(15)22-14-17(27)6-11-23(22)33)25-24(21-5-3-4-12-28-21)29-26(34)31(25)18-7-9-19(32)10-8-18/h3-14,24-25,32-33H,1-2H3,(H,29,34)/t24-,25+/m1/s1. The lowest BCUT2D eigenvalue weighted by Crippen LogP contribution is -2.29. The van der Waals surface area contributed by atoms with Gasteiger partial charge in [0.25, 0.3) is 0 Å². The first-order chi connectivity index (χ1) is 16.3. The van der Waals surface area contributed by atoms with Crippen LogP contribution in [0, 0.1) is 13.8 Å². The highest BCUT2D eigenvalue weighted by Gasteiger charge is 2.42. The average Bonchev–Trinajstić information content (AvgIpc) is 3.32. The summed E-state index contributed by atoms with van der Waals surface area (Å²) in [5, 5.41) is 25.0. The van der Waals surface area contributed by atoms with E-state index in [1.165, 1.54) is 0 Å². The minimum atomic E-state index is -0.215. The number of hydrogen-bond donors (Lipinski definition) is 3. The van der Waals surface area contributed by atoms with Gasteiger partial charge in [-0.3, -0.25) is 4.98 Å². The predicted molar refractivity (Wildman–Crippen MR) is 138 cm³/mol. The van der Waals surface area contributed by atoms with E-state index in [2.05, 4.69) is 21.3 Å². The van der Waals surface area contributed by atoms with Crippen molar-refractivity contribution in [2.75, 3.05) is 4.90 Å². The largest absolute Gasteiger partial charge is 0.508 e. The molecule has 3 N–H and O–H groups in total. The molecule has 0 saturated carbocycles. The molecule has 34 heavy (non-hydrogen) atoms. The van der Waals surface area contributed by atoms with E-state index in [0.29, 0.717) is 15.8 Å². The van der Waals surface area contributed by atoms with Crippen molar-refractivity contribution >= 4 is 34.6 Å². The molecule has 4 aromatic rings. The zero-order valence-corrected chi connectivity index (χ0v) is 20.2. The maximum absolute atomic E-state index is 10.6. The highest BCUT2D eigenvalue weighted by Crippen LogP contribution is 2.44. The molecule has 3 heterocycles. The molecule has 1 saturated heterocycles. The van der Waals surface area contributed by atoms with Crippen LogP contribution in [0.15, 0.2) is 72.9 Å². The number of hydrogen-bond acceptors (Lipinski definition) is 4. The number of halogens is 1. The molecule has 6 nitrogen and oxygen atoms in total. The summed E-state index contributed by atoms with van der Waals surface area (Å²) in [4.78, 5) is 6.66. The van der Waals surface area contributed by atoms with Crippen molar-refractivity contribution in [3.05, 3.63) is 101 Å². The number of phenols is 2. The molecule has 172 valence electrons. The molecular formula is C26H23ClN4O2S. The molecule has 0 unspecified atom stereocenters. The summed E-state index contributed by atoms with van der Waals surface area (Å²) in [7, 11) is 0. The van der Waals surface area contributed by atoms with Crippen molar-refractivity contribution in [2.24, 2.45) is 0 Å². The zero-order chi connectivity index (χ0) is 24.0. The van der Waals surface area contributed by atoms with Crippen molar-refractivity contribution < 1.29 is 10.2 Å². The minimum absolute atomic E-state index is 0.148. The van der Waals surface area contributed by atoms with Crippen LogP contribution in [0.3, 0.4) is 0 Å². The van der Waals surface area contributed by atoms with Crippen molar-refractivity contribution in [1.82, 2.24) is 14.9 Å². The molecule has 5 rings (SSSR count). The molecule has 1 fully saturated rings. The summed E-state index contributed by atoms with van der Waals surface area (Å²) in [5.41, 5.74) is 5.28. The fraction of sp³-hybridized carbons (Fsp3) is 0.154. The molecule has 0 bridgehead atoms. The van der Waals surface area contributed by atoms with Gasteiger partial charge in [-0.05, 0) is 92.3 Å². The minimum Gasteiger partial charge on any atom is -0.508 e. The summed E-state index contributed by atoms with van der Waals surface area (Å²) in [6.07, 6.45) is 1.77. The number of thiocarbonyl (C=S) groups is 1. The number of rotatable bonds is 4. The number of aromatic hydroxyl groups is 2. The molecule has 0 spiro atoms. The first kappa shape index (κ1) is 22.3. The first-order valence-corrected chi connectivity index (χ1v) is 11.6. The Balaban J connectivity index is 1.70. The molecule has 0 aliphatic carbocycles. The highest BCUT2D eigenvalue weighted by molar-refractivity contribution is 7.80. The van der Waals surface area contributed by atoms with Gasteiger partial charge in [0.1, 0.15) is 11.5 Å². The van der Waals surface area contributed by atoms with Crippen LogP contribution >= 0.6 is 23.8 Å². The number of phenolic OH excluding ortho intramolecular Hbond substituents is 2. The highest BCUT2D eigenvalue weighted by atomic mass is 35.5. The van der Waals surface area contributed by atoms with E-state index >= 15 is 0 Å². The van der Waals surface area contributed by atoms with Gasteiger partial charge in [-0.1, -0.05) is 17.7 Å². The van der Waals surface area contributed by atoms with Crippen LogP contribution in [0.1, 0.15) is 34.7 Å². The second kappa shape index (κ2) is 8.66. The maximum atomic E-state index is 10.6. The van der Waals surface area contributed by atoms with Gasteiger partial charge in [-0.2, -0.15) is 0 Å². The van der Waals surface area contributed by atoms with E-state index in [4.69, 9.17) is 23.8 Å². The summed E-state index contributed by atoms with van der Waals surface area (Å²) in [5.74, 6) is 0.337. The summed E-state index contributed by atoms with van der Waals surface area (Å²) >= 11 is 12.0. The monoisotopic (exact) mass is 490 g/mol. The number of aryl methyl sites for hydroxylation is 1. The molecule has 2 aromatic heterocycles. The first-order valence-electron chi connectivity index (χ1n) is 10.8. The fourth-order valence-corrected chi connectivity index (χ4v) is 5.21. The smallest absolute Gasteiger partial charge is 0.174 e. The molecule has 0 radical (unpaired) electrons. The van der Waals surface area contributed by atoms with E-state index < -0.39 is 0 Å². The van der Waals surface area contributed by atoms with E-state index in [9.17, 15) is 10.2 Å². The Morgan fingerprint density at radius 1 is 1.00 bits per heavy atom. The second-order valence-electron chi connectivity index (χ2n) is 8.31. The van der Waals surface area contributed by atoms with Gasteiger partial charge >= 0.3 is 0 Å². The molecule has 2 atom stereocenters. The van der Waals surface area contributed by atoms with Gasteiger partial charge in [0.15, 0.2) is 5.11 Å². The van der Waals surface area contributed by atoms with Gasteiger partial charge < -0.3 is 25.0 Å². The average molecular weight is 491 g/mol. The van der Waals surface area contributed by atoms with E-state index in [-0.39, 0.29) is 23.6 Å². The van der Waals surface area contributed by atoms with Gasteiger partial charge in [-0.25, -0.2) is 0 Å². The second-order valence-corrected chi connectivity index (χ2v) is 9.13. The number of nitrogens with one attached hydrogen (secondary N) is 1. The predicted octanol–water partition coefficient (Wildman–Crippen LogP) is 5.73. The van der Waals surface area contributed by atoms with Crippen LogP contribution in [0.4, 0.5) is 5.69 Å². The van der Waals surface area contributed by atoms with Crippen molar-refractivity contribution in [1.29, 1.82) is 0 Å². The van der Waals surface area contributed by atoms with Crippen LogP contribution in [0.2, 0.25) is 5.02 Å². The maximum Gasteiger partial charge on any atom is 0.174 e. The number of anilines is 1.